The van der Waals surface area contributed by atoms with Crippen molar-refractivity contribution in [2.24, 2.45) is 0 Å². The number of hydrogen-bond donors (Lipinski definition) is 1. The molecule has 1 aliphatic carbocycles. The topological polar surface area (TPSA) is 64.2 Å². The molecule has 0 radical (unpaired) electrons. The molecule has 1 aromatic carbocycles. The minimum absolute atomic E-state index is 0.0258. The summed E-state index contributed by atoms with van der Waals surface area (Å²) in [6.45, 7) is 0.550. The van der Waals surface area contributed by atoms with Gasteiger partial charge in [0, 0.05) is 23.1 Å². The molecule has 0 atom stereocenters. The van der Waals surface area contributed by atoms with Gasteiger partial charge >= 0.3 is 0 Å². The van der Waals surface area contributed by atoms with Crippen molar-refractivity contribution in [1.82, 2.24) is 19.2 Å². The lowest BCUT2D eigenvalue weighted by molar-refractivity contribution is -0.118. The lowest BCUT2D eigenvalue weighted by Gasteiger charge is -2.15. The molecule has 0 saturated heterocycles. The fourth-order valence-electron chi connectivity index (χ4n) is 3.55. The standard InChI is InChI=1S/C21H18BrN5O/c22-16-5-3-4-15(10-16)21(7-8-21)20(28)25-17-11-23-27(13-17)14-18-12-26-9-2-1-6-19(26)24-18/h1-6,9-13H,7-8,14H2,(H,25,28). The number of fused-ring (bicyclic) bond motifs is 1. The van der Waals surface area contributed by atoms with E-state index in [-0.39, 0.29) is 5.91 Å². The van der Waals surface area contributed by atoms with Crippen LogP contribution < -0.4 is 5.32 Å². The van der Waals surface area contributed by atoms with Crippen LogP contribution in [0.4, 0.5) is 5.69 Å². The van der Waals surface area contributed by atoms with Crippen molar-refractivity contribution in [2.45, 2.75) is 24.8 Å². The monoisotopic (exact) mass is 435 g/mol. The number of benzene rings is 1. The zero-order valence-electron chi connectivity index (χ0n) is 15.0. The second kappa shape index (κ2) is 6.60. The summed E-state index contributed by atoms with van der Waals surface area (Å²) in [5, 5.41) is 7.40. The van der Waals surface area contributed by atoms with E-state index in [4.69, 9.17) is 0 Å². The molecule has 5 rings (SSSR count). The van der Waals surface area contributed by atoms with Crippen LogP contribution in [0.25, 0.3) is 5.65 Å². The van der Waals surface area contributed by atoms with Gasteiger partial charge in [0.05, 0.1) is 29.5 Å². The van der Waals surface area contributed by atoms with Crippen LogP contribution in [0.5, 0.6) is 0 Å². The zero-order valence-corrected chi connectivity index (χ0v) is 16.6. The highest BCUT2D eigenvalue weighted by Gasteiger charge is 2.51. The van der Waals surface area contributed by atoms with Crippen LogP contribution in [0.15, 0.2) is 71.7 Å². The van der Waals surface area contributed by atoms with Gasteiger partial charge in [0.1, 0.15) is 5.65 Å². The quantitative estimate of drug-likeness (QED) is 0.514. The van der Waals surface area contributed by atoms with Crippen LogP contribution in [0, 0.1) is 0 Å². The van der Waals surface area contributed by atoms with E-state index in [0.717, 1.165) is 34.2 Å². The molecule has 0 spiro atoms. The Morgan fingerprint density at radius 3 is 2.86 bits per heavy atom. The first kappa shape index (κ1) is 17.2. The first-order chi connectivity index (χ1) is 13.6. The molecule has 7 heteroatoms. The third-order valence-corrected chi connectivity index (χ3v) is 5.68. The van der Waals surface area contributed by atoms with Crippen LogP contribution >= 0.6 is 15.9 Å². The molecule has 6 nitrogen and oxygen atoms in total. The van der Waals surface area contributed by atoms with Gasteiger partial charge < -0.3 is 9.72 Å². The molecule has 0 unspecified atom stereocenters. The summed E-state index contributed by atoms with van der Waals surface area (Å²) in [6.07, 6.45) is 9.22. The average Bonchev–Trinajstić information content (AvgIpc) is 3.24. The molecular weight excluding hydrogens is 418 g/mol. The molecule has 4 aromatic rings. The van der Waals surface area contributed by atoms with Gasteiger partial charge in [-0.05, 0) is 42.7 Å². The van der Waals surface area contributed by atoms with Crippen molar-refractivity contribution >= 4 is 33.2 Å². The molecular formula is C21H18BrN5O. The van der Waals surface area contributed by atoms with E-state index in [1.54, 1.807) is 10.9 Å². The number of anilines is 1. The van der Waals surface area contributed by atoms with Crippen LogP contribution in [0.1, 0.15) is 24.1 Å². The fourth-order valence-corrected chi connectivity index (χ4v) is 3.95. The first-order valence-electron chi connectivity index (χ1n) is 9.15. The third-order valence-electron chi connectivity index (χ3n) is 5.19. The van der Waals surface area contributed by atoms with Crippen molar-refractivity contribution in [3.63, 3.8) is 0 Å². The average molecular weight is 436 g/mol. The van der Waals surface area contributed by atoms with Crippen LogP contribution in [-0.2, 0) is 16.8 Å². The number of carbonyl (C=O) groups excluding carboxylic acids is 1. The predicted molar refractivity (Wildman–Crippen MR) is 110 cm³/mol. The molecule has 3 heterocycles. The molecule has 1 aliphatic rings. The Kier molecular flexibility index (Phi) is 4.05. The lowest BCUT2D eigenvalue weighted by Crippen LogP contribution is -2.27. The Labute approximate surface area is 170 Å². The maximum atomic E-state index is 12.9. The van der Waals surface area contributed by atoms with Crippen molar-refractivity contribution in [2.75, 3.05) is 5.32 Å². The van der Waals surface area contributed by atoms with Crippen molar-refractivity contribution < 1.29 is 4.79 Å². The first-order valence-corrected chi connectivity index (χ1v) is 9.94. The molecule has 1 fully saturated rings. The smallest absolute Gasteiger partial charge is 0.235 e. The predicted octanol–water partition coefficient (Wildman–Crippen LogP) is 4.01. The summed E-state index contributed by atoms with van der Waals surface area (Å²) in [4.78, 5) is 17.5. The number of pyridine rings is 1. The number of halogens is 1. The number of imidazole rings is 1. The molecule has 0 aliphatic heterocycles. The molecule has 140 valence electrons. The number of amides is 1. The fraction of sp³-hybridized carbons (Fsp3) is 0.190. The van der Waals surface area contributed by atoms with Gasteiger partial charge in [0.15, 0.2) is 0 Å². The number of nitrogens with zero attached hydrogens (tertiary/aromatic N) is 4. The normalized spacial score (nSPS) is 14.9. The Bertz CT molecular complexity index is 1140. The second-order valence-electron chi connectivity index (χ2n) is 7.17. The highest BCUT2D eigenvalue weighted by molar-refractivity contribution is 9.10. The number of aromatic nitrogens is 4. The minimum Gasteiger partial charge on any atom is -0.323 e. The molecule has 1 N–H and O–H groups in total. The van der Waals surface area contributed by atoms with Gasteiger partial charge in [-0.15, -0.1) is 0 Å². The van der Waals surface area contributed by atoms with E-state index in [1.807, 2.05) is 65.5 Å². The summed E-state index contributed by atoms with van der Waals surface area (Å²) in [5.41, 5.74) is 3.15. The third kappa shape index (κ3) is 3.11. The van der Waals surface area contributed by atoms with E-state index in [1.165, 1.54) is 0 Å². The van der Waals surface area contributed by atoms with E-state index in [9.17, 15) is 4.79 Å². The van der Waals surface area contributed by atoms with E-state index in [2.05, 4.69) is 31.3 Å². The van der Waals surface area contributed by atoms with Gasteiger partial charge in [-0.3, -0.25) is 9.48 Å². The Hall–Kier alpha value is -2.93. The Morgan fingerprint density at radius 1 is 1.18 bits per heavy atom. The molecule has 3 aromatic heterocycles. The SMILES string of the molecule is O=C(Nc1cnn(Cc2cn3ccccc3n2)c1)C1(c2cccc(Br)c2)CC1. The van der Waals surface area contributed by atoms with E-state index in [0.29, 0.717) is 12.2 Å². The molecule has 0 bridgehead atoms. The highest BCUT2D eigenvalue weighted by atomic mass is 79.9. The molecule has 1 amide bonds. The van der Waals surface area contributed by atoms with Crippen molar-refractivity contribution in [3.8, 4) is 0 Å². The van der Waals surface area contributed by atoms with E-state index >= 15 is 0 Å². The Morgan fingerprint density at radius 2 is 2.07 bits per heavy atom. The number of rotatable bonds is 5. The molecule has 28 heavy (non-hydrogen) atoms. The summed E-state index contributed by atoms with van der Waals surface area (Å²) < 4.78 is 4.76. The van der Waals surface area contributed by atoms with Crippen LogP contribution in [0.2, 0.25) is 0 Å². The summed E-state index contributed by atoms with van der Waals surface area (Å²) in [7, 11) is 0. The van der Waals surface area contributed by atoms with Crippen LogP contribution in [0.3, 0.4) is 0 Å². The maximum absolute atomic E-state index is 12.9. The van der Waals surface area contributed by atoms with Crippen LogP contribution in [-0.4, -0.2) is 25.1 Å². The number of hydrogen-bond acceptors (Lipinski definition) is 3. The number of nitrogens with one attached hydrogen (secondary N) is 1. The highest BCUT2D eigenvalue weighted by Crippen LogP contribution is 2.49. The molecule has 1 saturated carbocycles. The maximum Gasteiger partial charge on any atom is 0.235 e. The summed E-state index contributed by atoms with van der Waals surface area (Å²) >= 11 is 3.49. The van der Waals surface area contributed by atoms with Gasteiger partial charge in [-0.1, -0.05) is 34.1 Å². The summed E-state index contributed by atoms with van der Waals surface area (Å²) in [6, 6.07) is 13.9. The van der Waals surface area contributed by atoms with Gasteiger partial charge in [-0.25, -0.2) is 4.98 Å². The zero-order chi connectivity index (χ0) is 19.1. The van der Waals surface area contributed by atoms with Gasteiger partial charge in [0.25, 0.3) is 0 Å². The Balaban J connectivity index is 1.30. The second-order valence-corrected chi connectivity index (χ2v) is 8.09. The minimum atomic E-state index is -0.423. The van der Waals surface area contributed by atoms with Crippen molar-refractivity contribution in [1.29, 1.82) is 0 Å². The summed E-state index contributed by atoms with van der Waals surface area (Å²) in [5.74, 6) is 0.0258. The van der Waals surface area contributed by atoms with Crippen molar-refractivity contribution in [3.05, 3.63) is 83.0 Å². The van der Waals surface area contributed by atoms with E-state index < -0.39 is 5.41 Å². The number of carbonyl (C=O) groups is 1. The van der Waals surface area contributed by atoms with Gasteiger partial charge in [0.2, 0.25) is 5.91 Å². The lowest BCUT2D eigenvalue weighted by atomic mass is 9.95. The van der Waals surface area contributed by atoms with Gasteiger partial charge in [-0.2, -0.15) is 5.10 Å². The largest absolute Gasteiger partial charge is 0.323 e.